The SMILES string of the molecule is CC(=CC(=COc1ccccc1)C(C)(C)C)C(C)(C)C.C[SiH](C)[Ti][C]1=CC(C(C)(C)C)=CC1. The van der Waals surface area contributed by atoms with Crippen LogP contribution in [-0.2, 0) is 18.4 Å². The van der Waals surface area contributed by atoms with E-state index in [9.17, 15) is 0 Å². The maximum atomic E-state index is 5.80. The van der Waals surface area contributed by atoms with Crippen LogP contribution in [0.3, 0.4) is 0 Å². The molecule has 0 fully saturated rings. The van der Waals surface area contributed by atoms with Gasteiger partial charge >= 0.3 is 92.4 Å². The van der Waals surface area contributed by atoms with Gasteiger partial charge < -0.3 is 4.74 Å². The Morgan fingerprint density at radius 1 is 0.909 bits per heavy atom. The van der Waals surface area contributed by atoms with Crippen molar-refractivity contribution in [3.05, 3.63) is 75.4 Å². The van der Waals surface area contributed by atoms with Crippen LogP contribution in [0.1, 0.15) is 75.7 Å². The van der Waals surface area contributed by atoms with Crippen molar-refractivity contribution >= 4 is 6.66 Å². The van der Waals surface area contributed by atoms with E-state index in [0.29, 0.717) is 23.8 Å². The molecule has 1 aliphatic carbocycles. The fraction of sp³-hybridized carbons (Fsp3) is 0.533. The van der Waals surface area contributed by atoms with Gasteiger partial charge in [-0.25, -0.2) is 0 Å². The zero-order valence-electron chi connectivity index (χ0n) is 23.4. The van der Waals surface area contributed by atoms with Crippen LogP contribution in [0.2, 0.25) is 13.1 Å². The summed E-state index contributed by atoms with van der Waals surface area (Å²) in [5.74, 6) is 0.871. The van der Waals surface area contributed by atoms with Crippen LogP contribution in [0.15, 0.2) is 75.4 Å². The number of rotatable bonds is 5. The normalized spacial score (nSPS) is 15.5. The van der Waals surface area contributed by atoms with Crippen LogP contribution in [0, 0.1) is 16.2 Å². The molecule has 1 aliphatic rings. The van der Waals surface area contributed by atoms with E-state index in [1.54, 1.807) is 9.45 Å². The van der Waals surface area contributed by atoms with E-state index in [-0.39, 0.29) is 17.5 Å². The Hall–Kier alpha value is -1.09. The first-order valence-electron chi connectivity index (χ1n) is 12.3. The molecule has 2 rings (SSSR count). The van der Waals surface area contributed by atoms with Crippen molar-refractivity contribution in [3.8, 4) is 5.75 Å². The van der Waals surface area contributed by atoms with E-state index in [1.807, 2.05) is 36.6 Å². The van der Waals surface area contributed by atoms with Gasteiger partial charge in [0.2, 0.25) is 0 Å². The zero-order chi connectivity index (χ0) is 25.4. The molecule has 1 aromatic rings. The number of ether oxygens (including phenoxy) is 1. The van der Waals surface area contributed by atoms with Crippen LogP contribution in [0.4, 0.5) is 0 Å². The number of para-hydroxylation sites is 1. The molecule has 33 heavy (non-hydrogen) atoms. The van der Waals surface area contributed by atoms with E-state index in [1.165, 1.54) is 17.6 Å². The Balaban J connectivity index is 0.000000361. The Kier molecular flexibility index (Phi) is 11.4. The summed E-state index contributed by atoms with van der Waals surface area (Å²) in [6.07, 6.45) is 10.3. The third-order valence-corrected chi connectivity index (χ3v) is 11.6. The van der Waals surface area contributed by atoms with E-state index >= 15 is 0 Å². The first-order valence-corrected chi connectivity index (χ1v) is 18.7. The maximum absolute atomic E-state index is 5.80. The average Bonchev–Trinajstić information content (AvgIpc) is 3.13. The van der Waals surface area contributed by atoms with Gasteiger partial charge in [-0.1, -0.05) is 71.4 Å². The minimum atomic E-state index is -0.282. The number of hydrogen-bond acceptors (Lipinski definition) is 1. The molecule has 0 saturated heterocycles. The van der Waals surface area contributed by atoms with E-state index in [0.717, 1.165) is 5.75 Å². The Labute approximate surface area is 215 Å². The standard InChI is InChI=1S/C19H28O.C9H13.C2H7Si.Ti/c1-15(18(2,3)4)13-16(19(5,6)7)14-20-17-11-9-8-10-12-17;1-9(2,3)8-6-4-5-7-8;1-3-2;/h8-14H,1-7H3;6-7H,4H2,1-3H3;3H,1-2H3;. The summed E-state index contributed by atoms with van der Waals surface area (Å²) in [4.78, 5) is 0. The van der Waals surface area contributed by atoms with Crippen molar-refractivity contribution in [2.45, 2.75) is 88.8 Å². The summed E-state index contributed by atoms with van der Waals surface area (Å²) in [7, 11) is 0. The summed E-state index contributed by atoms with van der Waals surface area (Å²) in [5, 5.41) is 0. The quantitative estimate of drug-likeness (QED) is 0.222. The van der Waals surface area contributed by atoms with Gasteiger partial charge in [-0.05, 0) is 35.5 Å². The third kappa shape index (κ3) is 11.7. The molecule has 0 unspecified atom stereocenters. The van der Waals surface area contributed by atoms with Crippen LogP contribution in [0.5, 0.6) is 5.75 Å². The number of benzene rings is 1. The molecule has 0 aliphatic heterocycles. The molecular formula is C30H48OSiTi. The van der Waals surface area contributed by atoms with Crippen molar-refractivity contribution in [1.82, 2.24) is 0 Å². The summed E-state index contributed by atoms with van der Waals surface area (Å²) < 4.78 is 7.60. The molecule has 182 valence electrons. The second-order valence-electron chi connectivity index (χ2n) is 12.4. The van der Waals surface area contributed by atoms with Gasteiger partial charge in [0.1, 0.15) is 5.75 Å². The van der Waals surface area contributed by atoms with Gasteiger partial charge in [0, 0.05) is 0 Å². The van der Waals surface area contributed by atoms with Crippen LogP contribution in [0.25, 0.3) is 0 Å². The van der Waals surface area contributed by atoms with Gasteiger partial charge in [-0.3, -0.25) is 0 Å². The first-order chi connectivity index (χ1) is 15.0. The minimum absolute atomic E-state index is 0.0568. The molecule has 0 N–H and O–H groups in total. The molecule has 3 heteroatoms. The average molecular weight is 501 g/mol. The molecule has 0 atom stereocenters. The predicted octanol–water partition coefficient (Wildman–Crippen LogP) is 9.30. The van der Waals surface area contributed by atoms with Crippen molar-refractivity contribution in [3.63, 3.8) is 0 Å². The van der Waals surface area contributed by atoms with Crippen molar-refractivity contribution < 1.29 is 23.1 Å². The Morgan fingerprint density at radius 3 is 1.91 bits per heavy atom. The monoisotopic (exact) mass is 500 g/mol. The van der Waals surface area contributed by atoms with Crippen LogP contribution in [-0.4, -0.2) is 6.66 Å². The molecule has 0 saturated carbocycles. The summed E-state index contributed by atoms with van der Waals surface area (Å²) in [6.45, 7) is 27.1. The molecule has 0 aromatic heterocycles. The van der Waals surface area contributed by atoms with E-state index in [2.05, 4.69) is 101 Å². The third-order valence-electron chi connectivity index (χ3n) is 5.70. The fourth-order valence-corrected chi connectivity index (χ4v) is 8.79. The molecule has 0 radical (unpaired) electrons. The van der Waals surface area contributed by atoms with E-state index in [4.69, 9.17) is 4.74 Å². The first kappa shape index (κ1) is 29.9. The van der Waals surface area contributed by atoms with Gasteiger partial charge in [0.15, 0.2) is 0 Å². The fourth-order valence-electron chi connectivity index (χ4n) is 3.03. The topological polar surface area (TPSA) is 9.23 Å². The summed E-state index contributed by atoms with van der Waals surface area (Å²) in [6, 6.07) is 9.89. The Morgan fingerprint density at radius 2 is 1.48 bits per heavy atom. The van der Waals surface area contributed by atoms with Gasteiger partial charge in [0.25, 0.3) is 0 Å². The molecule has 0 heterocycles. The molecule has 0 amide bonds. The Bertz CT molecular complexity index is 867. The molecule has 1 aromatic carbocycles. The molecule has 0 spiro atoms. The summed E-state index contributed by atoms with van der Waals surface area (Å²) in [5.41, 5.74) is 4.73. The summed E-state index contributed by atoms with van der Waals surface area (Å²) >= 11 is 0.302. The van der Waals surface area contributed by atoms with Crippen molar-refractivity contribution in [2.24, 2.45) is 16.2 Å². The van der Waals surface area contributed by atoms with E-state index < -0.39 is 0 Å². The van der Waals surface area contributed by atoms with Crippen molar-refractivity contribution in [2.75, 3.05) is 0 Å². The second-order valence-corrected chi connectivity index (χ2v) is 22.8. The van der Waals surface area contributed by atoms with Crippen molar-refractivity contribution in [1.29, 1.82) is 0 Å². The molecule has 0 bridgehead atoms. The number of allylic oxidation sites excluding steroid dienone is 7. The molecule has 1 nitrogen and oxygen atoms in total. The van der Waals surface area contributed by atoms with Gasteiger partial charge in [-0.2, -0.15) is 0 Å². The molecular weight excluding hydrogens is 452 g/mol. The number of hydrogen-bond donors (Lipinski definition) is 0. The van der Waals surface area contributed by atoms with Gasteiger partial charge in [0.05, 0.1) is 6.26 Å². The van der Waals surface area contributed by atoms with Gasteiger partial charge in [-0.15, -0.1) is 0 Å². The predicted molar refractivity (Wildman–Crippen MR) is 147 cm³/mol. The van der Waals surface area contributed by atoms with Crippen LogP contribution < -0.4 is 4.74 Å². The van der Waals surface area contributed by atoms with Crippen LogP contribution >= 0.6 is 0 Å². The zero-order valence-corrected chi connectivity index (χ0v) is 26.1. The second kappa shape index (κ2) is 12.6.